The second-order valence-electron chi connectivity index (χ2n) is 5.46. The van der Waals surface area contributed by atoms with Crippen molar-refractivity contribution in [2.75, 3.05) is 18.6 Å². The Bertz CT molecular complexity index is 852. The van der Waals surface area contributed by atoms with Gasteiger partial charge in [-0.1, -0.05) is 18.2 Å². The molecule has 1 amide bonds. The maximum absolute atomic E-state index is 12.7. The van der Waals surface area contributed by atoms with Gasteiger partial charge in [-0.05, 0) is 83.7 Å². The molecule has 3 rings (SSSR count). The minimum atomic E-state index is -0.119. The molecular weight excluding hydrogens is 447 g/mol. The summed E-state index contributed by atoms with van der Waals surface area (Å²) in [5, 5.41) is 0.471. The molecule has 128 valence electrons. The molecule has 0 aliphatic carbocycles. The van der Waals surface area contributed by atoms with Crippen molar-refractivity contribution in [1.29, 1.82) is 0 Å². The minimum absolute atomic E-state index is 0.119. The molecule has 0 N–H and O–H groups in total. The van der Waals surface area contributed by atoms with Gasteiger partial charge < -0.3 is 4.74 Å². The summed E-state index contributed by atoms with van der Waals surface area (Å²) >= 11 is 7.73. The molecule has 1 aliphatic rings. The first kappa shape index (κ1) is 17.9. The molecule has 0 radical (unpaired) electrons. The first-order valence-electron chi connectivity index (χ1n) is 7.84. The largest absolute Gasteiger partial charge is 0.494 e. The summed E-state index contributed by atoms with van der Waals surface area (Å²) in [6, 6.07) is 15.5. The highest BCUT2D eigenvalue weighted by Crippen LogP contribution is 2.30. The van der Waals surface area contributed by atoms with Gasteiger partial charge in [0.05, 0.1) is 6.61 Å². The zero-order valence-corrected chi connectivity index (χ0v) is 16.9. The molecule has 0 saturated carbocycles. The highest BCUT2D eigenvalue weighted by atomic mass is 127. The molecule has 25 heavy (non-hydrogen) atoms. The van der Waals surface area contributed by atoms with Gasteiger partial charge in [0.15, 0.2) is 5.11 Å². The average Bonchev–Trinajstić information content (AvgIpc) is 2.83. The molecule has 0 bridgehead atoms. The van der Waals surface area contributed by atoms with Gasteiger partial charge in [-0.25, -0.2) is 0 Å². The molecule has 6 heteroatoms. The van der Waals surface area contributed by atoms with Crippen molar-refractivity contribution in [3.63, 3.8) is 0 Å². The van der Waals surface area contributed by atoms with Gasteiger partial charge in [-0.3, -0.25) is 14.6 Å². The fourth-order valence-electron chi connectivity index (χ4n) is 2.60. The lowest BCUT2D eigenvalue weighted by molar-refractivity contribution is -0.121. The van der Waals surface area contributed by atoms with Crippen molar-refractivity contribution in [1.82, 2.24) is 4.90 Å². The Kier molecular flexibility index (Phi) is 5.39. The summed E-state index contributed by atoms with van der Waals surface area (Å²) in [6.07, 6.45) is 1.87. The second-order valence-corrected chi connectivity index (χ2v) is 6.99. The number of hydrogen-bond donors (Lipinski definition) is 0. The van der Waals surface area contributed by atoms with Crippen LogP contribution >= 0.6 is 34.8 Å². The Morgan fingerprint density at radius 1 is 1.20 bits per heavy atom. The lowest BCUT2D eigenvalue weighted by atomic mass is 10.1. The van der Waals surface area contributed by atoms with E-state index in [1.165, 1.54) is 4.90 Å². The summed E-state index contributed by atoms with van der Waals surface area (Å²) in [5.74, 6) is 0.661. The fourth-order valence-corrected chi connectivity index (χ4v) is 3.37. The number of nitrogens with zero attached hydrogens (tertiary/aromatic N) is 2. The normalized spacial score (nSPS) is 16.0. The average molecular weight is 464 g/mol. The summed E-state index contributed by atoms with van der Waals surface area (Å²) in [7, 11) is 1.70. The van der Waals surface area contributed by atoms with Crippen LogP contribution in [-0.2, 0) is 4.79 Å². The zero-order valence-electron chi connectivity index (χ0n) is 13.9. The van der Waals surface area contributed by atoms with Crippen LogP contribution in [-0.4, -0.2) is 29.6 Å². The number of hydrogen-bond acceptors (Lipinski definition) is 3. The van der Waals surface area contributed by atoms with Crippen LogP contribution in [0.15, 0.2) is 54.2 Å². The highest BCUT2D eigenvalue weighted by Gasteiger charge is 2.36. The number of para-hydroxylation sites is 1. The molecule has 1 fully saturated rings. The van der Waals surface area contributed by atoms with Gasteiger partial charge in [0.25, 0.3) is 5.91 Å². The first-order valence-corrected chi connectivity index (χ1v) is 9.33. The Morgan fingerprint density at radius 3 is 2.60 bits per heavy atom. The standard InChI is InChI=1S/C19H17IN2O2S/c1-3-24-15-9-10-16(20)13(11-15)12-17-18(23)21(2)19(25)22(17)14-7-5-4-6-8-14/h4-12H,3H2,1-2H3/b17-12-. The molecule has 2 aromatic carbocycles. The Balaban J connectivity index is 2.09. The van der Waals surface area contributed by atoms with Crippen LogP contribution in [0, 0.1) is 3.57 Å². The lowest BCUT2D eigenvalue weighted by Crippen LogP contribution is -2.29. The molecule has 2 aromatic rings. The molecule has 0 aromatic heterocycles. The van der Waals surface area contributed by atoms with Gasteiger partial charge in [-0.2, -0.15) is 0 Å². The summed E-state index contributed by atoms with van der Waals surface area (Å²) in [6.45, 7) is 2.54. The van der Waals surface area contributed by atoms with E-state index in [1.807, 2.05) is 61.5 Å². The topological polar surface area (TPSA) is 32.8 Å². The number of carbonyl (C=O) groups excluding carboxylic acids is 1. The van der Waals surface area contributed by atoms with E-state index in [1.54, 1.807) is 11.9 Å². The predicted octanol–water partition coefficient (Wildman–Crippen LogP) is 4.29. The lowest BCUT2D eigenvalue weighted by Gasteiger charge is -2.18. The van der Waals surface area contributed by atoms with Crippen LogP contribution in [0.3, 0.4) is 0 Å². The monoisotopic (exact) mass is 464 g/mol. The number of rotatable bonds is 4. The van der Waals surface area contributed by atoms with E-state index in [-0.39, 0.29) is 5.91 Å². The van der Waals surface area contributed by atoms with E-state index >= 15 is 0 Å². The highest BCUT2D eigenvalue weighted by molar-refractivity contribution is 14.1. The SMILES string of the molecule is CCOc1ccc(I)c(/C=C2/C(=O)N(C)C(=S)N2c2ccccc2)c1. The van der Waals surface area contributed by atoms with Gasteiger partial charge in [-0.15, -0.1) is 0 Å². The number of anilines is 1. The Hall–Kier alpha value is -1.93. The molecule has 0 atom stereocenters. The number of ether oxygens (including phenoxy) is 1. The van der Waals surface area contributed by atoms with Gasteiger partial charge in [0.1, 0.15) is 11.4 Å². The summed E-state index contributed by atoms with van der Waals surface area (Å²) in [4.78, 5) is 16.0. The maximum Gasteiger partial charge on any atom is 0.276 e. The van der Waals surface area contributed by atoms with E-state index in [0.29, 0.717) is 17.4 Å². The van der Waals surface area contributed by atoms with Crippen LogP contribution in [0.1, 0.15) is 12.5 Å². The number of halogens is 1. The molecule has 0 unspecified atom stereocenters. The zero-order chi connectivity index (χ0) is 18.0. The van der Waals surface area contributed by atoms with E-state index in [9.17, 15) is 4.79 Å². The van der Waals surface area contributed by atoms with Crippen molar-refractivity contribution in [2.45, 2.75) is 6.92 Å². The van der Waals surface area contributed by atoms with E-state index in [4.69, 9.17) is 17.0 Å². The van der Waals surface area contributed by atoms with Gasteiger partial charge >= 0.3 is 0 Å². The van der Waals surface area contributed by atoms with Crippen molar-refractivity contribution < 1.29 is 9.53 Å². The van der Waals surface area contributed by atoms with Crippen LogP contribution < -0.4 is 9.64 Å². The van der Waals surface area contributed by atoms with Crippen LogP contribution in [0.25, 0.3) is 6.08 Å². The van der Waals surface area contributed by atoms with Gasteiger partial charge in [0.2, 0.25) is 0 Å². The van der Waals surface area contributed by atoms with E-state index < -0.39 is 0 Å². The Labute approximate surface area is 166 Å². The fraction of sp³-hybridized carbons (Fsp3) is 0.158. The first-order chi connectivity index (χ1) is 12.0. The number of likely N-dealkylation sites (N-methyl/N-ethyl adjacent to an activating group) is 1. The summed E-state index contributed by atoms with van der Waals surface area (Å²) in [5.41, 5.74) is 2.33. The maximum atomic E-state index is 12.7. The smallest absolute Gasteiger partial charge is 0.276 e. The van der Waals surface area contributed by atoms with E-state index in [0.717, 1.165) is 20.6 Å². The quantitative estimate of drug-likeness (QED) is 0.384. The Morgan fingerprint density at radius 2 is 1.92 bits per heavy atom. The third kappa shape index (κ3) is 3.55. The molecule has 1 saturated heterocycles. The van der Waals surface area contributed by atoms with Crippen molar-refractivity contribution in [2.24, 2.45) is 0 Å². The molecular formula is C19H17IN2O2S. The third-order valence-corrected chi connectivity index (χ3v) is 5.27. The summed E-state index contributed by atoms with van der Waals surface area (Å²) < 4.78 is 6.62. The predicted molar refractivity (Wildman–Crippen MR) is 113 cm³/mol. The number of thiocarbonyl (C=S) groups is 1. The van der Waals surface area contributed by atoms with Crippen molar-refractivity contribution >= 4 is 57.6 Å². The van der Waals surface area contributed by atoms with Crippen molar-refractivity contribution in [3.8, 4) is 5.75 Å². The molecule has 1 aliphatic heterocycles. The minimum Gasteiger partial charge on any atom is -0.494 e. The molecule has 0 spiro atoms. The van der Waals surface area contributed by atoms with Gasteiger partial charge in [0, 0.05) is 16.3 Å². The van der Waals surface area contributed by atoms with E-state index in [2.05, 4.69) is 22.6 Å². The molecule has 1 heterocycles. The van der Waals surface area contributed by atoms with Crippen LogP contribution in [0.5, 0.6) is 5.75 Å². The third-order valence-electron chi connectivity index (χ3n) is 3.83. The number of carbonyl (C=O) groups is 1. The molecule has 4 nitrogen and oxygen atoms in total. The number of benzene rings is 2. The second kappa shape index (κ2) is 7.53. The van der Waals surface area contributed by atoms with Crippen LogP contribution in [0.4, 0.5) is 5.69 Å². The van der Waals surface area contributed by atoms with Crippen LogP contribution in [0.2, 0.25) is 0 Å². The van der Waals surface area contributed by atoms with Crippen molar-refractivity contribution in [3.05, 3.63) is 63.4 Å². The number of amides is 1.